The quantitative estimate of drug-likeness (QED) is 0.842. The van der Waals surface area contributed by atoms with Gasteiger partial charge >= 0.3 is 0 Å². The molecule has 1 saturated heterocycles. The Balaban J connectivity index is 1.91. The van der Waals surface area contributed by atoms with Gasteiger partial charge in [0.1, 0.15) is 11.6 Å². The van der Waals surface area contributed by atoms with Crippen LogP contribution in [0, 0.1) is 17.1 Å². The number of nitrogens with zero attached hydrogens (tertiary/aromatic N) is 3. The van der Waals surface area contributed by atoms with E-state index in [1.54, 1.807) is 12.1 Å². The van der Waals surface area contributed by atoms with Gasteiger partial charge in [-0.05, 0) is 13.0 Å². The van der Waals surface area contributed by atoms with Gasteiger partial charge < -0.3 is 4.74 Å². The Morgan fingerprint density at radius 1 is 1.35 bits per heavy atom. The summed E-state index contributed by atoms with van der Waals surface area (Å²) in [6.07, 6.45) is 0. The highest BCUT2D eigenvalue weighted by Gasteiger charge is 2.21. The summed E-state index contributed by atoms with van der Waals surface area (Å²) in [6.45, 7) is 5.94. The lowest BCUT2D eigenvalue weighted by Crippen LogP contribution is -2.48. The third kappa shape index (κ3) is 3.47. The first-order valence-corrected chi connectivity index (χ1v) is 6.82. The Labute approximate surface area is 119 Å². The van der Waals surface area contributed by atoms with Crippen molar-refractivity contribution in [2.24, 2.45) is 0 Å². The van der Waals surface area contributed by atoms with Crippen LogP contribution < -0.4 is 4.74 Å². The van der Waals surface area contributed by atoms with Gasteiger partial charge in [0.15, 0.2) is 0 Å². The number of hydrogen-bond donors (Lipinski definition) is 0. The second-order valence-corrected chi connectivity index (χ2v) is 5.07. The fourth-order valence-corrected chi connectivity index (χ4v) is 2.41. The van der Waals surface area contributed by atoms with Gasteiger partial charge in [-0.3, -0.25) is 9.80 Å². The molecule has 1 atom stereocenters. The van der Waals surface area contributed by atoms with Gasteiger partial charge in [0.2, 0.25) is 0 Å². The van der Waals surface area contributed by atoms with E-state index in [0.717, 1.165) is 26.2 Å². The number of benzene rings is 1. The Kier molecular flexibility index (Phi) is 4.94. The summed E-state index contributed by atoms with van der Waals surface area (Å²) in [5.74, 6) is 0.316. The van der Waals surface area contributed by atoms with E-state index >= 15 is 0 Å². The van der Waals surface area contributed by atoms with Crippen molar-refractivity contribution in [1.29, 1.82) is 5.26 Å². The van der Waals surface area contributed by atoms with Crippen LogP contribution in [0.4, 0.5) is 4.39 Å². The molecule has 20 heavy (non-hydrogen) atoms. The third-order valence-electron chi connectivity index (χ3n) is 3.80. The van der Waals surface area contributed by atoms with Crippen molar-refractivity contribution in [2.45, 2.75) is 19.5 Å². The summed E-state index contributed by atoms with van der Waals surface area (Å²) in [5, 5.41) is 8.91. The SMILES string of the molecule is COc1ccc(CN2CCN(C(C)C#N)CC2)c(F)c1. The topological polar surface area (TPSA) is 39.5 Å². The van der Waals surface area contributed by atoms with Crippen molar-refractivity contribution >= 4 is 0 Å². The molecule has 0 spiro atoms. The first-order chi connectivity index (χ1) is 9.63. The molecule has 0 N–H and O–H groups in total. The lowest BCUT2D eigenvalue weighted by Gasteiger charge is -2.35. The van der Waals surface area contributed by atoms with Crippen LogP contribution in [-0.4, -0.2) is 49.1 Å². The molecule has 4 nitrogen and oxygen atoms in total. The average molecular weight is 277 g/mol. The summed E-state index contributed by atoms with van der Waals surface area (Å²) < 4.78 is 18.9. The van der Waals surface area contributed by atoms with Crippen molar-refractivity contribution < 1.29 is 9.13 Å². The van der Waals surface area contributed by atoms with E-state index < -0.39 is 0 Å². The highest BCUT2D eigenvalue weighted by Crippen LogP contribution is 2.18. The smallest absolute Gasteiger partial charge is 0.131 e. The van der Waals surface area contributed by atoms with Crippen LogP contribution in [0.1, 0.15) is 12.5 Å². The molecule has 1 aliphatic rings. The second kappa shape index (κ2) is 6.69. The molecule has 0 amide bonds. The highest BCUT2D eigenvalue weighted by molar-refractivity contribution is 5.28. The monoisotopic (exact) mass is 277 g/mol. The lowest BCUT2D eigenvalue weighted by molar-refractivity contribution is 0.113. The van der Waals surface area contributed by atoms with Gasteiger partial charge in [0.25, 0.3) is 0 Å². The van der Waals surface area contributed by atoms with Crippen LogP contribution in [-0.2, 0) is 6.54 Å². The standard InChI is InChI=1S/C15H20FN3O/c1-12(10-17)19-7-5-18(6-8-19)11-13-3-4-14(20-2)9-15(13)16/h3-4,9,12H,5-8,11H2,1-2H3. The molecular weight excluding hydrogens is 257 g/mol. The maximum absolute atomic E-state index is 13.9. The van der Waals surface area contributed by atoms with Gasteiger partial charge in [0.05, 0.1) is 19.2 Å². The zero-order valence-corrected chi connectivity index (χ0v) is 12.0. The fraction of sp³-hybridized carbons (Fsp3) is 0.533. The molecule has 5 heteroatoms. The molecule has 1 aromatic carbocycles. The van der Waals surface area contributed by atoms with Gasteiger partial charge in [-0.15, -0.1) is 0 Å². The summed E-state index contributed by atoms with van der Waals surface area (Å²) >= 11 is 0. The minimum Gasteiger partial charge on any atom is -0.497 e. The summed E-state index contributed by atoms with van der Waals surface area (Å²) in [5.41, 5.74) is 0.688. The molecule has 1 aromatic rings. The number of methoxy groups -OCH3 is 1. The van der Waals surface area contributed by atoms with E-state index in [9.17, 15) is 4.39 Å². The molecule has 1 fully saturated rings. The van der Waals surface area contributed by atoms with E-state index in [-0.39, 0.29) is 11.9 Å². The predicted octanol–water partition coefficient (Wildman–Crippen LogP) is 1.86. The maximum Gasteiger partial charge on any atom is 0.131 e. The fourth-order valence-electron chi connectivity index (χ4n) is 2.41. The summed E-state index contributed by atoms with van der Waals surface area (Å²) in [4.78, 5) is 4.37. The lowest BCUT2D eigenvalue weighted by atomic mass is 10.1. The van der Waals surface area contributed by atoms with Crippen LogP contribution in [0.5, 0.6) is 5.75 Å². The third-order valence-corrected chi connectivity index (χ3v) is 3.80. The Bertz CT molecular complexity index is 492. The molecule has 1 unspecified atom stereocenters. The van der Waals surface area contributed by atoms with E-state index in [1.807, 2.05) is 6.92 Å². The number of rotatable bonds is 4. The molecule has 1 aliphatic heterocycles. The van der Waals surface area contributed by atoms with Crippen molar-refractivity contribution in [3.8, 4) is 11.8 Å². The van der Waals surface area contributed by atoms with E-state index in [2.05, 4.69) is 15.9 Å². The number of halogens is 1. The molecule has 0 saturated carbocycles. The number of hydrogen-bond acceptors (Lipinski definition) is 4. The summed E-state index contributed by atoms with van der Waals surface area (Å²) in [6, 6.07) is 7.19. The minimum absolute atomic E-state index is 0.0464. The largest absolute Gasteiger partial charge is 0.497 e. The van der Waals surface area contributed by atoms with E-state index in [4.69, 9.17) is 10.00 Å². The van der Waals surface area contributed by atoms with Crippen molar-refractivity contribution in [1.82, 2.24) is 9.80 Å². The van der Waals surface area contributed by atoms with Crippen LogP contribution in [0.25, 0.3) is 0 Å². The van der Waals surface area contributed by atoms with Gasteiger partial charge in [-0.1, -0.05) is 6.07 Å². The number of nitriles is 1. The molecule has 0 bridgehead atoms. The van der Waals surface area contributed by atoms with Gasteiger partial charge in [-0.2, -0.15) is 5.26 Å². The molecule has 0 aromatic heterocycles. The van der Waals surface area contributed by atoms with Gasteiger partial charge in [0, 0.05) is 44.4 Å². The van der Waals surface area contributed by atoms with Crippen LogP contribution in [0.15, 0.2) is 18.2 Å². The zero-order chi connectivity index (χ0) is 14.5. The Morgan fingerprint density at radius 2 is 2.05 bits per heavy atom. The molecule has 0 aliphatic carbocycles. The normalized spacial score (nSPS) is 18.5. The average Bonchev–Trinajstić information content (AvgIpc) is 2.49. The van der Waals surface area contributed by atoms with E-state index in [0.29, 0.717) is 17.9 Å². The van der Waals surface area contributed by atoms with Gasteiger partial charge in [-0.25, -0.2) is 4.39 Å². The highest BCUT2D eigenvalue weighted by atomic mass is 19.1. The molecule has 1 heterocycles. The Morgan fingerprint density at radius 3 is 2.60 bits per heavy atom. The predicted molar refractivity (Wildman–Crippen MR) is 74.9 cm³/mol. The zero-order valence-electron chi connectivity index (χ0n) is 12.0. The minimum atomic E-state index is -0.225. The van der Waals surface area contributed by atoms with Crippen molar-refractivity contribution in [2.75, 3.05) is 33.3 Å². The molecule has 108 valence electrons. The second-order valence-electron chi connectivity index (χ2n) is 5.07. The summed E-state index contributed by atoms with van der Waals surface area (Å²) in [7, 11) is 1.53. The molecule has 2 rings (SSSR count). The number of ether oxygens (including phenoxy) is 1. The van der Waals surface area contributed by atoms with Crippen LogP contribution in [0.2, 0.25) is 0 Å². The van der Waals surface area contributed by atoms with Crippen LogP contribution in [0.3, 0.4) is 0 Å². The first kappa shape index (κ1) is 14.8. The van der Waals surface area contributed by atoms with Crippen molar-refractivity contribution in [3.63, 3.8) is 0 Å². The Hall–Kier alpha value is -1.64. The first-order valence-electron chi connectivity index (χ1n) is 6.82. The van der Waals surface area contributed by atoms with Crippen molar-refractivity contribution in [3.05, 3.63) is 29.6 Å². The maximum atomic E-state index is 13.9. The molecular formula is C15H20FN3O. The molecule has 0 radical (unpaired) electrons. The van der Waals surface area contributed by atoms with Crippen LogP contribution >= 0.6 is 0 Å². The van der Waals surface area contributed by atoms with E-state index in [1.165, 1.54) is 13.2 Å². The number of piperazine rings is 1.